The van der Waals surface area contributed by atoms with E-state index in [1.807, 2.05) is 23.8 Å². The Morgan fingerprint density at radius 2 is 2.04 bits per heavy atom. The van der Waals surface area contributed by atoms with Gasteiger partial charge in [-0.15, -0.1) is 11.3 Å². The van der Waals surface area contributed by atoms with E-state index in [-0.39, 0.29) is 0 Å². The molecule has 0 atom stereocenters. The fraction of sp³-hybridized carbons (Fsp3) is 0.250. The van der Waals surface area contributed by atoms with Gasteiger partial charge in [-0.3, -0.25) is 0 Å². The maximum Gasteiger partial charge on any atom is 0.258 e. The lowest BCUT2D eigenvalue weighted by atomic mass is 10.2. The van der Waals surface area contributed by atoms with Crippen LogP contribution in [0.4, 0.5) is 0 Å². The third-order valence-corrected chi connectivity index (χ3v) is 6.44. The molecule has 4 heterocycles. The highest BCUT2D eigenvalue weighted by molar-refractivity contribution is 7.98. The highest BCUT2D eigenvalue weighted by Crippen LogP contribution is 2.36. The van der Waals surface area contributed by atoms with Gasteiger partial charge < -0.3 is 4.52 Å². The fourth-order valence-corrected chi connectivity index (χ4v) is 5.11. The van der Waals surface area contributed by atoms with E-state index in [0.717, 1.165) is 26.6 Å². The lowest BCUT2D eigenvalue weighted by Gasteiger charge is -2.03. The van der Waals surface area contributed by atoms with E-state index in [4.69, 9.17) is 4.52 Å². The molecule has 0 spiro atoms. The van der Waals surface area contributed by atoms with E-state index >= 15 is 0 Å². The Bertz CT molecular complexity index is 1000. The summed E-state index contributed by atoms with van der Waals surface area (Å²) < 4.78 is 5.34. The third kappa shape index (κ3) is 2.85. The molecule has 0 saturated heterocycles. The molecule has 0 radical (unpaired) electrons. The number of thioether (sulfide) groups is 1. The molecule has 0 aliphatic carbocycles. The van der Waals surface area contributed by atoms with Gasteiger partial charge in [0.2, 0.25) is 0 Å². The molecule has 4 aromatic rings. The summed E-state index contributed by atoms with van der Waals surface area (Å²) in [6.07, 6.45) is 0. The minimum atomic E-state index is 0.568. The van der Waals surface area contributed by atoms with Crippen molar-refractivity contribution in [2.45, 2.75) is 31.6 Å². The zero-order valence-electron chi connectivity index (χ0n) is 13.4. The summed E-state index contributed by atoms with van der Waals surface area (Å²) in [5, 5.41) is 10.2. The van der Waals surface area contributed by atoms with Crippen LogP contribution in [0.2, 0.25) is 0 Å². The number of aryl methyl sites for hydroxylation is 3. The van der Waals surface area contributed by atoms with E-state index in [0.29, 0.717) is 17.5 Å². The molecule has 0 amide bonds. The number of hydrogen-bond acceptors (Lipinski definition) is 8. The van der Waals surface area contributed by atoms with Gasteiger partial charge in [0.15, 0.2) is 5.82 Å². The highest BCUT2D eigenvalue weighted by atomic mass is 32.2. The van der Waals surface area contributed by atoms with Gasteiger partial charge >= 0.3 is 0 Å². The van der Waals surface area contributed by atoms with Crippen molar-refractivity contribution in [1.29, 1.82) is 0 Å². The minimum Gasteiger partial charge on any atom is -0.334 e. The van der Waals surface area contributed by atoms with Crippen LogP contribution in [0, 0.1) is 20.8 Å². The first-order chi connectivity index (χ1) is 11.6. The van der Waals surface area contributed by atoms with Crippen molar-refractivity contribution in [3.05, 3.63) is 38.9 Å². The van der Waals surface area contributed by atoms with Crippen LogP contribution in [-0.2, 0) is 5.75 Å². The molecule has 0 saturated carbocycles. The summed E-state index contributed by atoms with van der Waals surface area (Å²) in [6, 6.07) is 1.98. The van der Waals surface area contributed by atoms with Gasteiger partial charge in [-0.1, -0.05) is 16.9 Å². The van der Waals surface area contributed by atoms with Crippen LogP contribution in [0.25, 0.3) is 21.7 Å². The molecular weight excluding hydrogens is 360 g/mol. The first-order valence-electron chi connectivity index (χ1n) is 7.34. The lowest BCUT2D eigenvalue weighted by molar-refractivity contribution is 0.425. The number of hydrogen-bond donors (Lipinski definition) is 0. The number of rotatable bonds is 4. The Morgan fingerprint density at radius 1 is 1.17 bits per heavy atom. The van der Waals surface area contributed by atoms with Crippen LogP contribution in [0.5, 0.6) is 0 Å². The van der Waals surface area contributed by atoms with Crippen LogP contribution >= 0.6 is 34.4 Å². The van der Waals surface area contributed by atoms with E-state index < -0.39 is 0 Å². The first kappa shape index (κ1) is 15.7. The van der Waals surface area contributed by atoms with Crippen molar-refractivity contribution >= 4 is 44.7 Å². The summed E-state index contributed by atoms with van der Waals surface area (Å²) in [4.78, 5) is 16.0. The van der Waals surface area contributed by atoms with Gasteiger partial charge in [0.25, 0.3) is 5.89 Å². The summed E-state index contributed by atoms with van der Waals surface area (Å²) >= 11 is 4.96. The predicted octanol–water partition coefficient (Wildman–Crippen LogP) is 5.02. The number of thiophene rings is 2. The molecule has 4 aromatic heterocycles. The van der Waals surface area contributed by atoms with Crippen LogP contribution in [-0.4, -0.2) is 20.1 Å². The van der Waals surface area contributed by atoms with Crippen molar-refractivity contribution in [3.63, 3.8) is 0 Å². The monoisotopic (exact) mass is 374 g/mol. The van der Waals surface area contributed by atoms with E-state index in [1.165, 1.54) is 10.4 Å². The Hall–Kier alpha value is -1.77. The zero-order chi connectivity index (χ0) is 16.7. The molecule has 4 rings (SSSR count). The number of aromatic nitrogens is 4. The van der Waals surface area contributed by atoms with Crippen LogP contribution in [0.15, 0.2) is 26.4 Å². The van der Waals surface area contributed by atoms with Crippen LogP contribution in [0.3, 0.4) is 0 Å². The lowest BCUT2D eigenvalue weighted by Crippen LogP contribution is -1.92. The molecule has 8 heteroatoms. The zero-order valence-corrected chi connectivity index (χ0v) is 15.8. The minimum absolute atomic E-state index is 0.568. The second kappa shape index (κ2) is 6.27. The predicted molar refractivity (Wildman–Crippen MR) is 98.8 cm³/mol. The van der Waals surface area contributed by atoms with Gasteiger partial charge in [0.1, 0.15) is 15.7 Å². The van der Waals surface area contributed by atoms with Crippen LogP contribution in [0.1, 0.15) is 22.1 Å². The van der Waals surface area contributed by atoms with Gasteiger partial charge in [0, 0.05) is 15.6 Å². The molecule has 24 heavy (non-hydrogen) atoms. The number of nitrogens with zero attached hydrogens (tertiary/aromatic N) is 4. The molecule has 0 unspecified atom stereocenters. The topological polar surface area (TPSA) is 64.7 Å². The molecule has 0 aliphatic heterocycles. The van der Waals surface area contributed by atoms with Gasteiger partial charge in [-0.2, -0.15) is 16.3 Å². The molecule has 0 bridgehead atoms. The average Bonchev–Trinajstić information content (AvgIpc) is 3.26. The molecule has 0 fully saturated rings. The molecule has 0 N–H and O–H groups in total. The van der Waals surface area contributed by atoms with Crippen molar-refractivity contribution in [2.24, 2.45) is 0 Å². The second-order valence-electron chi connectivity index (χ2n) is 5.36. The normalized spacial score (nSPS) is 11.5. The summed E-state index contributed by atoms with van der Waals surface area (Å²) in [5.74, 6) is 2.65. The Kier molecular flexibility index (Phi) is 4.11. The summed E-state index contributed by atoms with van der Waals surface area (Å²) in [6.45, 7) is 6.18. The van der Waals surface area contributed by atoms with Crippen molar-refractivity contribution in [1.82, 2.24) is 20.1 Å². The van der Waals surface area contributed by atoms with E-state index in [1.54, 1.807) is 34.4 Å². The van der Waals surface area contributed by atoms with Crippen molar-refractivity contribution < 1.29 is 4.52 Å². The first-order valence-corrected chi connectivity index (χ1v) is 10.1. The largest absolute Gasteiger partial charge is 0.334 e. The van der Waals surface area contributed by atoms with Gasteiger partial charge in [-0.05, 0) is 37.8 Å². The summed E-state index contributed by atoms with van der Waals surface area (Å²) in [5.41, 5.74) is 2.22. The maximum atomic E-state index is 5.34. The van der Waals surface area contributed by atoms with E-state index in [2.05, 4.69) is 34.0 Å². The van der Waals surface area contributed by atoms with Gasteiger partial charge in [0.05, 0.1) is 11.3 Å². The highest BCUT2D eigenvalue weighted by Gasteiger charge is 2.15. The fourth-order valence-electron chi connectivity index (χ4n) is 2.37. The van der Waals surface area contributed by atoms with Crippen LogP contribution < -0.4 is 0 Å². The number of fused-ring (bicyclic) bond motifs is 1. The SMILES string of the molecule is Cc1nc(SCc2noc(-c3ccsc3)n2)c2c(C)c(C)sc2n1. The molecule has 122 valence electrons. The Labute approximate surface area is 151 Å². The second-order valence-corrected chi connectivity index (χ2v) is 8.30. The molecule has 0 aliphatic rings. The summed E-state index contributed by atoms with van der Waals surface area (Å²) in [7, 11) is 0. The van der Waals surface area contributed by atoms with Crippen molar-refractivity contribution in [3.8, 4) is 11.5 Å². The Balaban J connectivity index is 1.61. The third-order valence-electron chi connectivity index (χ3n) is 3.68. The molecule has 0 aromatic carbocycles. The molecule has 5 nitrogen and oxygen atoms in total. The van der Waals surface area contributed by atoms with Crippen molar-refractivity contribution in [2.75, 3.05) is 0 Å². The standard InChI is InChI=1S/C16H14N4OS3/c1-8-9(2)24-16-13(8)15(17-10(3)18-16)23-7-12-19-14(21-20-12)11-4-5-22-6-11/h4-6H,7H2,1-3H3. The average molecular weight is 375 g/mol. The smallest absolute Gasteiger partial charge is 0.258 e. The van der Waals surface area contributed by atoms with E-state index in [9.17, 15) is 0 Å². The molecular formula is C16H14N4OS3. The van der Waals surface area contributed by atoms with Gasteiger partial charge in [-0.25, -0.2) is 9.97 Å². The quantitative estimate of drug-likeness (QED) is 0.369. The Morgan fingerprint density at radius 3 is 2.83 bits per heavy atom. The maximum absolute atomic E-state index is 5.34.